The molecule has 0 aliphatic heterocycles. The summed E-state index contributed by atoms with van der Waals surface area (Å²) in [7, 11) is 3.25. The number of carbonyl (C=O) groups is 1. The number of ether oxygens (including phenoxy) is 2. The van der Waals surface area contributed by atoms with E-state index in [1.54, 1.807) is 14.2 Å². The Balaban J connectivity index is 2.13. The van der Waals surface area contributed by atoms with Gasteiger partial charge in [0.1, 0.15) is 0 Å². The number of ketones is 1. The van der Waals surface area contributed by atoms with E-state index in [4.69, 9.17) is 9.47 Å². The van der Waals surface area contributed by atoms with Crippen LogP contribution in [0.2, 0.25) is 0 Å². The topological polar surface area (TPSA) is 35.5 Å². The van der Waals surface area contributed by atoms with Crippen molar-refractivity contribution in [2.75, 3.05) is 14.2 Å². The number of hydrogen-bond donors (Lipinski definition) is 0. The van der Waals surface area contributed by atoms with Crippen molar-refractivity contribution in [2.24, 2.45) is 0 Å². The molecule has 0 saturated heterocycles. The lowest BCUT2D eigenvalue weighted by Gasteiger charge is -2.12. The molecule has 3 heteroatoms. The van der Waals surface area contributed by atoms with Crippen LogP contribution < -0.4 is 9.47 Å². The second kappa shape index (κ2) is 5.00. The highest BCUT2D eigenvalue weighted by molar-refractivity contribution is 6.02. The van der Waals surface area contributed by atoms with E-state index in [1.807, 2.05) is 30.3 Å². The maximum absolute atomic E-state index is 11.8. The minimum Gasteiger partial charge on any atom is -0.493 e. The number of carbonyl (C=O) groups excluding carboxylic acids is 1. The monoisotopic (exact) mass is 268 g/mol. The summed E-state index contributed by atoms with van der Waals surface area (Å²) in [5.41, 5.74) is 4.16. The van der Waals surface area contributed by atoms with Crippen LogP contribution >= 0.6 is 0 Å². The molecule has 0 radical (unpaired) electrons. The lowest BCUT2D eigenvalue weighted by molar-refractivity contribution is 0.0994. The summed E-state index contributed by atoms with van der Waals surface area (Å²) in [6, 6.07) is 11.8. The van der Waals surface area contributed by atoms with Gasteiger partial charge in [-0.1, -0.05) is 24.3 Å². The van der Waals surface area contributed by atoms with Crippen LogP contribution in [0.1, 0.15) is 22.3 Å². The minimum absolute atomic E-state index is 0.238. The molecule has 0 atom stereocenters. The second-order valence-corrected chi connectivity index (χ2v) is 4.82. The Morgan fingerprint density at radius 3 is 2.40 bits per heavy atom. The average Bonchev–Trinajstić information content (AvgIpc) is 2.88. The molecule has 1 aliphatic rings. The van der Waals surface area contributed by atoms with E-state index in [2.05, 4.69) is 6.07 Å². The van der Waals surface area contributed by atoms with Crippen LogP contribution in [-0.4, -0.2) is 20.0 Å². The number of rotatable bonds is 3. The Kier molecular flexibility index (Phi) is 3.18. The van der Waals surface area contributed by atoms with Crippen LogP contribution in [0.4, 0.5) is 0 Å². The first-order valence-corrected chi connectivity index (χ1v) is 6.62. The zero-order valence-electron chi connectivity index (χ0n) is 11.6. The number of benzene rings is 2. The third-order valence-electron chi connectivity index (χ3n) is 3.77. The summed E-state index contributed by atoms with van der Waals surface area (Å²) in [4.78, 5) is 11.8. The molecule has 0 N–H and O–H groups in total. The second-order valence-electron chi connectivity index (χ2n) is 4.82. The van der Waals surface area contributed by atoms with Crippen LogP contribution in [0.3, 0.4) is 0 Å². The summed E-state index contributed by atoms with van der Waals surface area (Å²) in [5, 5.41) is 0. The Labute approximate surface area is 118 Å². The normalized spacial score (nSPS) is 13.2. The smallest absolute Gasteiger partial charge is 0.163 e. The average molecular weight is 268 g/mol. The predicted octanol–water partition coefficient (Wildman–Crippen LogP) is 3.50. The molecule has 1 aliphatic carbocycles. The Hall–Kier alpha value is -2.29. The first-order chi connectivity index (χ1) is 9.74. The molecule has 0 heterocycles. The van der Waals surface area contributed by atoms with Crippen molar-refractivity contribution < 1.29 is 14.3 Å². The molecular formula is C17H16O3. The molecule has 0 bridgehead atoms. The Bertz CT molecular complexity index is 674. The van der Waals surface area contributed by atoms with E-state index in [9.17, 15) is 4.79 Å². The van der Waals surface area contributed by atoms with Gasteiger partial charge in [0.2, 0.25) is 0 Å². The van der Waals surface area contributed by atoms with Crippen molar-refractivity contribution in [3.63, 3.8) is 0 Å². The maximum Gasteiger partial charge on any atom is 0.163 e. The van der Waals surface area contributed by atoms with E-state index in [-0.39, 0.29) is 5.78 Å². The van der Waals surface area contributed by atoms with Crippen molar-refractivity contribution in [1.29, 1.82) is 0 Å². The SMILES string of the molecule is COc1ccc(-c2cccc3c2CCC3=O)cc1OC. The fourth-order valence-corrected chi connectivity index (χ4v) is 2.76. The fraction of sp³-hybridized carbons (Fsp3) is 0.235. The largest absolute Gasteiger partial charge is 0.493 e. The first kappa shape index (κ1) is 12.7. The van der Waals surface area contributed by atoms with Crippen LogP contribution in [0.25, 0.3) is 11.1 Å². The molecule has 0 spiro atoms. The van der Waals surface area contributed by atoms with Gasteiger partial charge in [-0.05, 0) is 35.2 Å². The van der Waals surface area contributed by atoms with Crippen LogP contribution in [-0.2, 0) is 6.42 Å². The number of methoxy groups -OCH3 is 2. The van der Waals surface area contributed by atoms with Gasteiger partial charge in [-0.25, -0.2) is 0 Å². The van der Waals surface area contributed by atoms with Gasteiger partial charge in [-0.3, -0.25) is 4.79 Å². The maximum atomic E-state index is 11.8. The van der Waals surface area contributed by atoms with Crippen molar-refractivity contribution in [2.45, 2.75) is 12.8 Å². The van der Waals surface area contributed by atoms with Crippen molar-refractivity contribution in [3.8, 4) is 22.6 Å². The number of hydrogen-bond acceptors (Lipinski definition) is 3. The van der Waals surface area contributed by atoms with E-state index in [1.165, 1.54) is 0 Å². The highest BCUT2D eigenvalue weighted by atomic mass is 16.5. The number of Topliss-reactive ketones (excluding diaryl/α,β-unsaturated/α-hetero) is 1. The van der Waals surface area contributed by atoms with Gasteiger partial charge in [0.15, 0.2) is 17.3 Å². The molecule has 2 aromatic rings. The molecule has 2 aromatic carbocycles. The van der Waals surface area contributed by atoms with Gasteiger partial charge in [0.05, 0.1) is 14.2 Å². The molecule has 0 amide bonds. The van der Waals surface area contributed by atoms with Gasteiger partial charge < -0.3 is 9.47 Å². The van der Waals surface area contributed by atoms with E-state index < -0.39 is 0 Å². The van der Waals surface area contributed by atoms with Gasteiger partial charge >= 0.3 is 0 Å². The first-order valence-electron chi connectivity index (χ1n) is 6.62. The van der Waals surface area contributed by atoms with Gasteiger partial charge in [-0.15, -0.1) is 0 Å². The molecular weight excluding hydrogens is 252 g/mol. The summed E-state index contributed by atoms with van der Waals surface area (Å²) in [6.45, 7) is 0. The molecule has 3 rings (SSSR count). The Morgan fingerprint density at radius 1 is 0.900 bits per heavy atom. The molecule has 0 fully saturated rings. The van der Waals surface area contributed by atoms with Crippen molar-refractivity contribution in [1.82, 2.24) is 0 Å². The van der Waals surface area contributed by atoms with Crippen LogP contribution in [0, 0.1) is 0 Å². The Morgan fingerprint density at radius 2 is 1.65 bits per heavy atom. The zero-order chi connectivity index (χ0) is 14.1. The van der Waals surface area contributed by atoms with Gasteiger partial charge in [0, 0.05) is 12.0 Å². The lowest BCUT2D eigenvalue weighted by Crippen LogP contribution is -1.94. The fourth-order valence-electron chi connectivity index (χ4n) is 2.76. The quantitative estimate of drug-likeness (QED) is 0.854. The summed E-state index contributed by atoms with van der Waals surface area (Å²) in [5.74, 6) is 1.65. The predicted molar refractivity (Wildman–Crippen MR) is 77.6 cm³/mol. The van der Waals surface area contributed by atoms with Gasteiger partial charge in [-0.2, -0.15) is 0 Å². The minimum atomic E-state index is 0.238. The van der Waals surface area contributed by atoms with Crippen molar-refractivity contribution in [3.05, 3.63) is 47.5 Å². The molecule has 3 nitrogen and oxygen atoms in total. The molecule has 0 aromatic heterocycles. The number of fused-ring (bicyclic) bond motifs is 1. The van der Waals surface area contributed by atoms with Crippen LogP contribution in [0.15, 0.2) is 36.4 Å². The summed E-state index contributed by atoms with van der Waals surface area (Å²) >= 11 is 0. The summed E-state index contributed by atoms with van der Waals surface area (Å²) < 4.78 is 10.6. The third-order valence-corrected chi connectivity index (χ3v) is 3.77. The molecule has 0 saturated carbocycles. The van der Waals surface area contributed by atoms with Gasteiger partial charge in [0.25, 0.3) is 0 Å². The lowest BCUT2D eigenvalue weighted by atomic mass is 9.96. The molecule has 102 valence electrons. The molecule has 20 heavy (non-hydrogen) atoms. The van der Waals surface area contributed by atoms with E-state index in [0.29, 0.717) is 17.9 Å². The van der Waals surface area contributed by atoms with Crippen LogP contribution in [0.5, 0.6) is 11.5 Å². The molecule has 0 unspecified atom stereocenters. The standard InChI is InChI=1S/C17H16O3/c1-19-16-9-6-11(10-17(16)20-2)12-4-3-5-14-13(12)7-8-15(14)18/h3-6,9-10H,7-8H2,1-2H3. The highest BCUT2D eigenvalue weighted by Crippen LogP contribution is 2.36. The van der Waals surface area contributed by atoms with E-state index >= 15 is 0 Å². The zero-order valence-corrected chi connectivity index (χ0v) is 11.6. The van der Waals surface area contributed by atoms with E-state index in [0.717, 1.165) is 28.7 Å². The highest BCUT2D eigenvalue weighted by Gasteiger charge is 2.22. The van der Waals surface area contributed by atoms with Crippen molar-refractivity contribution >= 4 is 5.78 Å². The third kappa shape index (κ3) is 1.95. The summed E-state index contributed by atoms with van der Waals surface area (Å²) in [6.07, 6.45) is 1.43.